The van der Waals surface area contributed by atoms with E-state index in [9.17, 15) is 0 Å². The van der Waals surface area contributed by atoms with Gasteiger partial charge in [0.25, 0.3) is 0 Å². The monoisotopic (exact) mass is 730 g/mol. The average Bonchev–Trinajstić information content (AvgIpc) is 3.03. The highest BCUT2D eigenvalue weighted by atomic mass is 31.1. The van der Waals surface area contributed by atoms with Crippen LogP contribution in [0.25, 0.3) is 0 Å². The van der Waals surface area contributed by atoms with Crippen molar-refractivity contribution in [3.8, 4) is 0 Å². The highest BCUT2D eigenvalue weighted by Gasteiger charge is 2.40. The lowest BCUT2D eigenvalue weighted by Crippen LogP contribution is -2.78. The lowest BCUT2D eigenvalue weighted by atomic mass is 9.10. The molecule has 0 N–H and O–H groups in total. The third-order valence-electron chi connectivity index (χ3n) is 11.6. The van der Waals surface area contributed by atoms with Crippen molar-refractivity contribution in [3.05, 3.63) is 176 Å². The molecule has 0 atom stereocenters. The summed E-state index contributed by atoms with van der Waals surface area (Å²) in [5.74, 6) is 0. The third kappa shape index (κ3) is 8.09. The largest absolute Gasteiger partial charge is 0.189 e. The van der Waals surface area contributed by atoms with E-state index < -0.39 is 14.1 Å². The molecule has 0 spiro atoms. The zero-order chi connectivity index (χ0) is 39.7. The summed E-state index contributed by atoms with van der Waals surface area (Å²) >= 11 is 0. The fourth-order valence-electron chi connectivity index (χ4n) is 10.6. The molecular weight excluding hydrogens is 666 g/mol. The fraction of sp³-hybridized carbons (Fsp3) is 0.308. The van der Waals surface area contributed by atoms with Crippen molar-refractivity contribution in [2.75, 3.05) is 0 Å². The van der Waals surface area contributed by atoms with Crippen molar-refractivity contribution in [2.24, 2.45) is 0 Å². The first kappa shape index (κ1) is 41.0. The molecule has 0 bridgehead atoms. The molecule has 0 aliphatic heterocycles. The summed E-state index contributed by atoms with van der Waals surface area (Å²) in [5, 5.41) is 3.32. The van der Waals surface area contributed by atoms with Crippen LogP contribution >= 0.6 is 7.92 Å². The van der Waals surface area contributed by atoms with Gasteiger partial charge in [-0.15, -0.1) is 0 Å². The molecular formula is C52H64BP. The lowest BCUT2D eigenvalue weighted by molar-refractivity contribution is 0.793. The average molecular weight is 731 g/mol. The Hall–Kier alpha value is -4.19. The van der Waals surface area contributed by atoms with Gasteiger partial charge >= 0.3 is 0 Å². The molecule has 0 fully saturated rings. The molecule has 0 radical (unpaired) electrons. The molecule has 6 rings (SSSR count). The van der Waals surface area contributed by atoms with Gasteiger partial charge in [-0.3, -0.25) is 0 Å². The summed E-state index contributed by atoms with van der Waals surface area (Å²) in [7, 11) is -0.715. The molecule has 0 amide bonds. The van der Waals surface area contributed by atoms with Gasteiger partial charge in [0.1, 0.15) is 6.15 Å². The van der Waals surface area contributed by atoms with Crippen LogP contribution < -0.4 is 32.5 Å². The minimum absolute atomic E-state index is 0.327. The Morgan fingerprint density at radius 3 is 0.722 bits per heavy atom. The standard InChI is InChI=1S/C36H44B.C16H19P/c1-21-13-25(5)33(26(6)14-21)37(34-27(7)15-22(2)16-28(34)8,35-29(9)17-23(3)18-30(35)10)36-31(11)19-24(4)20-32(36)12;1-16(2,3)17(14-10-6-4-7-11-14)15-12-8-5-9-13-15/h13-20H,1-12H3;4-13H,1-3H3/q-1;/p+1. The molecule has 0 unspecified atom stereocenters. The van der Waals surface area contributed by atoms with E-state index in [1.54, 1.807) is 0 Å². The number of rotatable bonds is 6. The number of hydrogen-bond donors (Lipinski definition) is 0. The van der Waals surface area contributed by atoms with E-state index in [0.29, 0.717) is 5.16 Å². The van der Waals surface area contributed by atoms with Crippen LogP contribution in [0.4, 0.5) is 0 Å². The first-order valence-corrected chi connectivity index (χ1v) is 21.3. The zero-order valence-corrected chi connectivity index (χ0v) is 37.0. The van der Waals surface area contributed by atoms with Crippen LogP contribution in [0, 0.1) is 83.1 Å². The second-order valence-electron chi connectivity index (χ2n) is 17.5. The zero-order valence-electron chi connectivity index (χ0n) is 36.0. The van der Waals surface area contributed by atoms with Gasteiger partial charge in [-0.25, -0.2) is 0 Å². The van der Waals surface area contributed by atoms with Gasteiger partial charge in [-0.1, -0.05) is 152 Å². The molecule has 280 valence electrons. The van der Waals surface area contributed by atoms with Crippen LogP contribution in [0.5, 0.6) is 0 Å². The second kappa shape index (κ2) is 16.3. The second-order valence-corrected chi connectivity index (χ2v) is 20.9. The Bertz CT molecular complexity index is 1900. The topological polar surface area (TPSA) is 0 Å². The molecule has 54 heavy (non-hydrogen) atoms. The van der Waals surface area contributed by atoms with Crippen LogP contribution in [0.2, 0.25) is 0 Å². The molecule has 0 saturated heterocycles. The van der Waals surface area contributed by atoms with Crippen LogP contribution in [0.3, 0.4) is 0 Å². The number of benzene rings is 6. The van der Waals surface area contributed by atoms with Crippen molar-refractivity contribution in [3.63, 3.8) is 0 Å². The van der Waals surface area contributed by atoms with E-state index >= 15 is 0 Å². The highest BCUT2D eigenvalue weighted by molar-refractivity contribution is 7.74. The van der Waals surface area contributed by atoms with Gasteiger partial charge in [0.15, 0.2) is 0 Å². The van der Waals surface area contributed by atoms with E-state index in [2.05, 4.69) is 213 Å². The minimum Gasteiger partial charge on any atom is -0.189 e. The summed E-state index contributed by atoms with van der Waals surface area (Å²) in [4.78, 5) is 0. The maximum Gasteiger partial charge on any atom is 0.110 e. The molecule has 6 aromatic rings. The molecule has 0 heterocycles. The molecule has 0 saturated carbocycles. The maximum absolute atomic E-state index is 2.40. The van der Waals surface area contributed by atoms with Crippen LogP contribution in [0.15, 0.2) is 109 Å². The molecule has 0 aliphatic carbocycles. The molecule has 2 heteroatoms. The Labute approximate surface area is 330 Å². The smallest absolute Gasteiger partial charge is 0.110 e. The summed E-state index contributed by atoms with van der Waals surface area (Å²) in [5.41, 5.74) is 22.4. The van der Waals surface area contributed by atoms with Crippen LogP contribution in [0.1, 0.15) is 87.5 Å². The molecule has 6 aromatic carbocycles. The fourth-order valence-corrected chi connectivity index (χ4v) is 13.7. The first-order chi connectivity index (χ1) is 25.4. The third-order valence-corrected chi connectivity index (χ3v) is 14.9. The maximum atomic E-state index is 2.40. The van der Waals surface area contributed by atoms with Crippen molar-refractivity contribution < 1.29 is 0 Å². The lowest BCUT2D eigenvalue weighted by Gasteiger charge is -2.51. The van der Waals surface area contributed by atoms with E-state index in [1.165, 1.54) is 99.2 Å². The van der Waals surface area contributed by atoms with Gasteiger partial charge in [0.2, 0.25) is 0 Å². The predicted octanol–water partition coefficient (Wildman–Crippen LogP) is 10.4. The van der Waals surface area contributed by atoms with E-state index in [1.807, 2.05) is 0 Å². The van der Waals surface area contributed by atoms with E-state index in [-0.39, 0.29) is 0 Å². The molecule has 0 nitrogen and oxygen atoms in total. The van der Waals surface area contributed by atoms with E-state index in [0.717, 1.165) is 0 Å². The van der Waals surface area contributed by atoms with Gasteiger partial charge in [0.05, 0.1) is 23.7 Å². The SMILES string of the molecule is CC(C)(C)[PH+](c1ccccc1)c1ccccc1.Cc1cc(C)c([B-](c2c(C)cc(C)cc2C)(c2c(C)cc(C)cc2C)c2c(C)cc(C)cc2C)c(C)c1. The summed E-state index contributed by atoms with van der Waals surface area (Å²) in [6, 6.07) is 41.0. The Morgan fingerprint density at radius 1 is 0.333 bits per heavy atom. The van der Waals surface area contributed by atoms with Crippen LogP contribution in [-0.2, 0) is 0 Å². The van der Waals surface area contributed by atoms with Crippen molar-refractivity contribution >= 4 is 46.5 Å². The minimum atomic E-state index is -1.48. The predicted molar refractivity (Wildman–Crippen MR) is 247 cm³/mol. The number of hydrogen-bond acceptors (Lipinski definition) is 0. The molecule has 0 aliphatic rings. The van der Waals surface area contributed by atoms with Gasteiger partial charge < -0.3 is 0 Å². The van der Waals surface area contributed by atoms with Crippen LogP contribution in [-0.4, -0.2) is 11.3 Å². The first-order valence-electron chi connectivity index (χ1n) is 19.8. The van der Waals surface area contributed by atoms with Gasteiger partial charge in [-0.2, -0.15) is 21.9 Å². The van der Waals surface area contributed by atoms with Crippen molar-refractivity contribution in [1.29, 1.82) is 0 Å². The molecule has 0 aromatic heterocycles. The summed E-state index contributed by atoms with van der Waals surface area (Å²) < 4.78 is 0. The summed E-state index contributed by atoms with van der Waals surface area (Å²) in [6.45, 7) is 34.6. The van der Waals surface area contributed by atoms with E-state index in [4.69, 9.17) is 0 Å². The Balaban J connectivity index is 0.000000274. The Kier molecular flexibility index (Phi) is 12.4. The quantitative estimate of drug-likeness (QED) is 0.118. The highest BCUT2D eigenvalue weighted by Crippen LogP contribution is 2.47. The van der Waals surface area contributed by atoms with Gasteiger partial charge in [0, 0.05) is 0 Å². The van der Waals surface area contributed by atoms with Crippen molar-refractivity contribution in [2.45, 2.75) is 109 Å². The van der Waals surface area contributed by atoms with Gasteiger partial charge in [-0.05, 0) is 128 Å². The normalized spacial score (nSPS) is 11.8. The number of aryl methyl sites for hydroxylation is 12. The summed E-state index contributed by atoms with van der Waals surface area (Å²) in [6.07, 6.45) is -1.48. The Morgan fingerprint density at radius 2 is 0.537 bits per heavy atom. The van der Waals surface area contributed by atoms with Crippen molar-refractivity contribution in [1.82, 2.24) is 0 Å².